The van der Waals surface area contributed by atoms with E-state index >= 15 is 0 Å². The molecule has 32 heavy (non-hydrogen) atoms. The number of hydrogen-bond donors (Lipinski definition) is 3. The summed E-state index contributed by atoms with van der Waals surface area (Å²) in [5.41, 5.74) is 5.86. The fourth-order valence-corrected chi connectivity index (χ4v) is 5.69. The number of phenolic OH excluding ortho intramolecular Hbond substituents is 1. The zero-order valence-corrected chi connectivity index (χ0v) is 19.0. The predicted octanol–water partition coefficient (Wildman–Crippen LogP) is 1.85. The summed E-state index contributed by atoms with van der Waals surface area (Å²) < 4.78 is 6.70. The number of fused-ring (bicyclic) bond motifs is 3. The van der Waals surface area contributed by atoms with Crippen molar-refractivity contribution >= 4 is 45.1 Å². The first-order valence-electron chi connectivity index (χ1n) is 10.0. The van der Waals surface area contributed by atoms with Crippen molar-refractivity contribution in [2.75, 3.05) is 19.5 Å². The Morgan fingerprint density at radius 3 is 2.94 bits per heavy atom. The van der Waals surface area contributed by atoms with Crippen molar-refractivity contribution in [3.05, 3.63) is 50.6 Å². The standard InChI is InChI=1S/C21H22N4O5S2/c1-30-9-8-25-20(29)17-14-6-3-7-15(14)32-19(17)22-21(25)31-11-16(27)23-24-18(28)12-4-2-5-13(26)10-12/h2,4-5,10,26H,3,6-9,11H2,1H3,(H,23,27)(H,24,28). The number of rotatable bonds is 7. The summed E-state index contributed by atoms with van der Waals surface area (Å²) in [5.74, 6) is -1.10. The number of hydrogen-bond acceptors (Lipinski definition) is 8. The van der Waals surface area contributed by atoms with E-state index in [2.05, 4.69) is 15.8 Å². The third-order valence-electron chi connectivity index (χ3n) is 5.07. The maximum Gasteiger partial charge on any atom is 0.269 e. The van der Waals surface area contributed by atoms with Crippen molar-refractivity contribution in [3.63, 3.8) is 0 Å². The SMILES string of the molecule is COCCn1c(SCC(=O)NNC(=O)c2cccc(O)c2)nc2sc3c(c2c1=O)CCC3. The monoisotopic (exact) mass is 474 g/mol. The Morgan fingerprint density at radius 1 is 1.31 bits per heavy atom. The van der Waals surface area contributed by atoms with Gasteiger partial charge in [0.25, 0.3) is 11.5 Å². The van der Waals surface area contributed by atoms with Gasteiger partial charge in [-0.2, -0.15) is 0 Å². The van der Waals surface area contributed by atoms with E-state index in [1.807, 2.05) is 0 Å². The first-order chi connectivity index (χ1) is 15.5. The van der Waals surface area contributed by atoms with Crippen LogP contribution in [-0.2, 0) is 28.9 Å². The van der Waals surface area contributed by atoms with Crippen molar-refractivity contribution < 1.29 is 19.4 Å². The molecule has 1 aromatic carbocycles. The number of aromatic hydroxyl groups is 1. The van der Waals surface area contributed by atoms with Gasteiger partial charge in [-0.05, 0) is 43.0 Å². The van der Waals surface area contributed by atoms with Crippen LogP contribution in [-0.4, -0.2) is 45.9 Å². The fourth-order valence-electron chi connectivity index (χ4n) is 3.56. The molecule has 11 heteroatoms. The number of aryl methyl sites for hydroxylation is 2. The molecule has 9 nitrogen and oxygen atoms in total. The van der Waals surface area contributed by atoms with Crippen LogP contribution in [0, 0.1) is 0 Å². The Labute approximate surface area is 191 Å². The average Bonchev–Trinajstić information content (AvgIpc) is 3.36. The highest BCUT2D eigenvalue weighted by molar-refractivity contribution is 7.99. The molecule has 0 unspecified atom stereocenters. The number of thioether (sulfide) groups is 1. The summed E-state index contributed by atoms with van der Waals surface area (Å²) in [5, 5.41) is 10.6. The number of thiophene rings is 1. The van der Waals surface area contributed by atoms with Gasteiger partial charge in [-0.1, -0.05) is 17.8 Å². The molecule has 2 aromatic heterocycles. The molecule has 2 amide bonds. The van der Waals surface area contributed by atoms with Crippen LogP contribution in [0.2, 0.25) is 0 Å². The number of ether oxygens (including phenoxy) is 1. The Morgan fingerprint density at radius 2 is 2.16 bits per heavy atom. The zero-order valence-electron chi connectivity index (χ0n) is 17.3. The van der Waals surface area contributed by atoms with E-state index in [0.29, 0.717) is 28.5 Å². The molecular weight excluding hydrogens is 452 g/mol. The number of aromatic nitrogens is 2. The second kappa shape index (κ2) is 9.72. The molecular formula is C21H22N4O5S2. The van der Waals surface area contributed by atoms with Gasteiger partial charge < -0.3 is 9.84 Å². The minimum absolute atomic E-state index is 0.0453. The molecule has 0 atom stereocenters. The molecule has 2 heterocycles. The molecule has 0 fully saturated rings. The number of benzene rings is 1. The van der Waals surface area contributed by atoms with Gasteiger partial charge in [0.1, 0.15) is 10.6 Å². The van der Waals surface area contributed by atoms with E-state index in [1.165, 1.54) is 29.1 Å². The van der Waals surface area contributed by atoms with Crippen LogP contribution in [0.4, 0.5) is 0 Å². The van der Waals surface area contributed by atoms with E-state index in [4.69, 9.17) is 4.74 Å². The summed E-state index contributed by atoms with van der Waals surface area (Å²) in [4.78, 5) is 44.2. The van der Waals surface area contributed by atoms with Gasteiger partial charge in [0.2, 0.25) is 5.91 Å². The molecule has 0 spiro atoms. The van der Waals surface area contributed by atoms with Gasteiger partial charge in [0.15, 0.2) is 5.16 Å². The number of carbonyl (C=O) groups excluding carboxylic acids is 2. The second-order valence-corrected chi connectivity index (χ2v) is 9.25. The van der Waals surface area contributed by atoms with E-state index < -0.39 is 11.8 Å². The van der Waals surface area contributed by atoms with Gasteiger partial charge in [0, 0.05) is 17.6 Å². The Balaban J connectivity index is 1.46. The lowest BCUT2D eigenvalue weighted by Crippen LogP contribution is -2.42. The molecule has 0 saturated carbocycles. The van der Waals surface area contributed by atoms with E-state index in [0.717, 1.165) is 36.6 Å². The van der Waals surface area contributed by atoms with Crippen molar-refractivity contribution in [1.29, 1.82) is 0 Å². The topological polar surface area (TPSA) is 123 Å². The first-order valence-corrected chi connectivity index (χ1v) is 11.8. The summed E-state index contributed by atoms with van der Waals surface area (Å²) in [6.07, 6.45) is 2.92. The minimum Gasteiger partial charge on any atom is -0.508 e. The quantitative estimate of drug-likeness (QED) is 0.271. The minimum atomic E-state index is -0.552. The molecule has 168 valence electrons. The van der Waals surface area contributed by atoms with E-state index in [1.54, 1.807) is 23.0 Å². The third-order valence-corrected chi connectivity index (χ3v) is 7.23. The summed E-state index contributed by atoms with van der Waals surface area (Å²) in [6, 6.07) is 5.79. The molecule has 4 rings (SSSR count). The molecule has 1 aliphatic carbocycles. The lowest BCUT2D eigenvalue weighted by atomic mass is 10.2. The average molecular weight is 475 g/mol. The van der Waals surface area contributed by atoms with E-state index in [9.17, 15) is 19.5 Å². The number of amides is 2. The summed E-state index contributed by atoms with van der Waals surface area (Å²) >= 11 is 2.67. The Bertz CT molecular complexity index is 1240. The van der Waals surface area contributed by atoms with Crippen molar-refractivity contribution in [2.24, 2.45) is 0 Å². The van der Waals surface area contributed by atoms with E-state index in [-0.39, 0.29) is 22.6 Å². The highest BCUT2D eigenvalue weighted by Crippen LogP contribution is 2.35. The van der Waals surface area contributed by atoms with Gasteiger partial charge in [-0.3, -0.25) is 29.8 Å². The highest BCUT2D eigenvalue weighted by Gasteiger charge is 2.23. The number of carbonyl (C=O) groups is 2. The highest BCUT2D eigenvalue weighted by atomic mass is 32.2. The van der Waals surface area contributed by atoms with Crippen LogP contribution in [0.5, 0.6) is 5.75 Å². The second-order valence-electron chi connectivity index (χ2n) is 7.22. The molecule has 0 saturated heterocycles. The first kappa shape index (κ1) is 22.3. The molecule has 3 aromatic rings. The van der Waals surface area contributed by atoms with Crippen LogP contribution in [0.25, 0.3) is 10.2 Å². The largest absolute Gasteiger partial charge is 0.508 e. The van der Waals surface area contributed by atoms with Gasteiger partial charge >= 0.3 is 0 Å². The number of hydrazine groups is 1. The van der Waals surface area contributed by atoms with Crippen LogP contribution >= 0.6 is 23.1 Å². The number of methoxy groups -OCH3 is 1. The maximum atomic E-state index is 13.2. The molecule has 0 bridgehead atoms. The van der Waals surface area contributed by atoms with Gasteiger partial charge in [-0.15, -0.1) is 11.3 Å². The van der Waals surface area contributed by atoms with Crippen LogP contribution in [0.15, 0.2) is 34.2 Å². The maximum absolute atomic E-state index is 13.2. The van der Waals surface area contributed by atoms with Crippen LogP contribution < -0.4 is 16.4 Å². The summed E-state index contributed by atoms with van der Waals surface area (Å²) in [7, 11) is 1.56. The lowest BCUT2D eigenvalue weighted by molar-refractivity contribution is -0.119. The number of phenols is 1. The predicted molar refractivity (Wildman–Crippen MR) is 122 cm³/mol. The normalized spacial score (nSPS) is 12.7. The molecule has 1 aliphatic rings. The zero-order chi connectivity index (χ0) is 22.7. The van der Waals surface area contributed by atoms with Crippen molar-refractivity contribution in [3.8, 4) is 5.75 Å². The Kier molecular flexibility index (Phi) is 6.77. The van der Waals surface area contributed by atoms with Gasteiger partial charge in [-0.25, -0.2) is 4.98 Å². The number of nitrogens with zero attached hydrogens (tertiary/aromatic N) is 2. The van der Waals surface area contributed by atoms with Crippen molar-refractivity contribution in [1.82, 2.24) is 20.4 Å². The van der Waals surface area contributed by atoms with Crippen LogP contribution in [0.1, 0.15) is 27.2 Å². The number of nitrogens with one attached hydrogen (secondary N) is 2. The van der Waals surface area contributed by atoms with Gasteiger partial charge in [0.05, 0.1) is 24.3 Å². The fraction of sp³-hybridized carbons (Fsp3) is 0.333. The summed E-state index contributed by atoms with van der Waals surface area (Å²) in [6.45, 7) is 0.681. The smallest absolute Gasteiger partial charge is 0.269 e. The molecule has 0 aliphatic heterocycles. The van der Waals surface area contributed by atoms with Crippen LogP contribution in [0.3, 0.4) is 0 Å². The third kappa shape index (κ3) is 4.64. The molecule has 3 N–H and O–H groups in total. The lowest BCUT2D eigenvalue weighted by Gasteiger charge is -2.12. The van der Waals surface area contributed by atoms with Crippen molar-refractivity contribution in [2.45, 2.75) is 31.0 Å². The Hall–Kier alpha value is -2.89. The molecule has 0 radical (unpaired) electrons.